The van der Waals surface area contributed by atoms with Crippen molar-refractivity contribution in [1.82, 2.24) is 0 Å². The van der Waals surface area contributed by atoms with E-state index in [-0.39, 0.29) is 13.2 Å². The fourth-order valence-corrected chi connectivity index (χ4v) is 2.32. The number of aryl methyl sites for hydroxylation is 1. The second-order valence-electron chi connectivity index (χ2n) is 5.47. The summed E-state index contributed by atoms with van der Waals surface area (Å²) in [4.78, 5) is 24.2. The molecule has 0 aliphatic rings. The lowest BCUT2D eigenvalue weighted by Gasteiger charge is -2.24. The Morgan fingerprint density at radius 1 is 0.955 bits per heavy atom. The molecule has 1 aromatic carbocycles. The van der Waals surface area contributed by atoms with Crippen LogP contribution < -0.4 is 0 Å². The maximum atomic E-state index is 12.1. The van der Waals surface area contributed by atoms with Gasteiger partial charge in [0, 0.05) is 0 Å². The molecule has 0 spiro atoms. The predicted octanol–water partition coefficient (Wildman–Crippen LogP) is 3.53. The lowest BCUT2D eigenvalue weighted by Crippen LogP contribution is -2.39. The average molecular weight is 306 g/mol. The summed E-state index contributed by atoms with van der Waals surface area (Å²) in [5, 5.41) is 0. The highest BCUT2D eigenvalue weighted by atomic mass is 16.6. The number of rotatable bonds is 9. The molecule has 22 heavy (non-hydrogen) atoms. The highest BCUT2D eigenvalue weighted by Crippen LogP contribution is 2.28. The van der Waals surface area contributed by atoms with Crippen molar-refractivity contribution in [3.63, 3.8) is 0 Å². The zero-order valence-corrected chi connectivity index (χ0v) is 13.8. The molecule has 0 saturated heterocycles. The minimum absolute atomic E-state index is 0.262. The number of esters is 2. The largest absolute Gasteiger partial charge is 0.465 e. The third-order valence-electron chi connectivity index (χ3n) is 3.69. The summed E-state index contributed by atoms with van der Waals surface area (Å²) in [5.41, 5.74) is 0.0550. The molecule has 1 aromatic rings. The monoisotopic (exact) mass is 306 g/mol. The first-order chi connectivity index (χ1) is 10.5. The number of ether oxygens (including phenoxy) is 2. The molecule has 0 amide bonds. The number of unbranched alkanes of at least 4 members (excludes halogenated alkanes) is 1. The van der Waals surface area contributed by atoms with Gasteiger partial charge in [0.2, 0.25) is 0 Å². The summed E-state index contributed by atoms with van der Waals surface area (Å²) < 4.78 is 10.1. The van der Waals surface area contributed by atoms with Crippen LogP contribution in [-0.2, 0) is 25.5 Å². The van der Waals surface area contributed by atoms with Gasteiger partial charge in [0.15, 0.2) is 5.41 Å². The molecular formula is C18H26O4. The molecule has 0 aliphatic heterocycles. The van der Waals surface area contributed by atoms with E-state index >= 15 is 0 Å². The summed E-state index contributed by atoms with van der Waals surface area (Å²) in [5.74, 6) is -0.985. The Kier molecular flexibility index (Phi) is 7.64. The van der Waals surface area contributed by atoms with Gasteiger partial charge in [-0.3, -0.25) is 9.59 Å². The molecule has 0 atom stereocenters. The van der Waals surface area contributed by atoms with Crippen LogP contribution in [0, 0.1) is 5.41 Å². The quantitative estimate of drug-likeness (QED) is 0.398. The van der Waals surface area contributed by atoms with Crippen molar-refractivity contribution in [1.29, 1.82) is 0 Å². The highest BCUT2D eigenvalue weighted by molar-refractivity contribution is 5.99. The Labute approximate surface area is 132 Å². The normalized spacial score (nSPS) is 11.0. The first kappa shape index (κ1) is 18.2. The van der Waals surface area contributed by atoms with Gasteiger partial charge in [-0.1, -0.05) is 36.8 Å². The van der Waals surface area contributed by atoms with Crippen LogP contribution in [0.4, 0.5) is 0 Å². The van der Waals surface area contributed by atoms with Crippen LogP contribution in [0.2, 0.25) is 0 Å². The van der Waals surface area contributed by atoms with Crippen LogP contribution in [0.15, 0.2) is 30.3 Å². The molecule has 4 nitrogen and oxygen atoms in total. The van der Waals surface area contributed by atoms with E-state index in [1.807, 2.05) is 18.2 Å². The number of carbonyl (C=O) groups is 2. The fourth-order valence-electron chi connectivity index (χ4n) is 2.32. The molecular weight excluding hydrogens is 280 g/mol. The topological polar surface area (TPSA) is 52.6 Å². The summed E-state index contributed by atoms with van der Waals surface area (Å²) >= 11 is 0. The number of hydrogen-bond donors (Lipinski definition) is 0. The van der Waals surface area contributed by atoms with Gasteiger partial charge in [0.1, 0.15) is 0 Å². The number of hydrogen-bond acceptors (Lipinski definition) is 4. The maximum absolute atomic E-state index is 12.1. The Hall–Kier alpha value is -1.84. The Bertz CT molecular complexity index is 449. The van der Waals surface area contributed by atoms with Crippen molar-refractivity contribution in [2.45, 2.75) is 46.5 Å². The SMILES string of the molecule is CCOC(=O)C(C)(CCCCc1ccccc1)C(=O)OCC. The molecule has 0 aliphatic carbocycles. The molecule has 0 heterocycles. The van der Waals surface area contributed by atoms with E-state index in [0.717, 1.165) is 19.3 Å². The Balaban J connectivity index is 2.57. The van der Waals surface area contributed by atoms with Crippen molar-refractivity contribution >= 4 is 11.9 Å². The van der Waals surface area contributed by atoms with Crippen molar-refractivity contribution in [3.8, 4) is 0 Å². The third-order valence-corrected chi connectivity index (χ3v) is 3.69. The van der Waals surface area contributed by atoms with Crippen molar-refractivity contribution in [3.05, 3.63) is 35.9 Å². The maximum Gasteiger partial charge on any atom is 0.323 e. The molecule has 0 radical (unpaired) electrons. The first-order valence-corrected chi connectivity index (χ1v) is 7.93. The van der Waals surface area contributed by atoms with E-state index in [1.54, 1.807) is 20.8 Å². The van der Waals surface area contributed by atoms with E-state index in [2.05, 4.69) is 12.1 Å². The highest BCUT2D eigenvalue weighted by Gasteiger charge is 2.43. The second kappa shape index (κ2) is 9.23. The van der Waals surface area contributed by atoms with Crippen molar-refractivity contribution < 1.29 is 19.1 Å². The Morgan fingerprint density at radius 2 is 1.50 bits per heavy atom. The molecule has 0 unspecified atom stereocenters. The summed E-state index contributed by atoms with van der Waals surface area (Å²) in [6.07, 6.45) is 3.06. The van der Waals surface area contributed by atoms with Crippen molar-refractivity contribution in [2.75, 3.05) is 13.2 Å². The van der Waals surface area contributed by atoms with Gasteiger partial charge in [0.25, 0.3) is 0 Å². The summed E-state index contributed by atoms with van der Waals surface area (Å²) in [6.45, 7) is 5.61. The van der Waals surface area contributed by atoms with Gasteiger partial charge in [-0.15, -0.1) is 0 Å². The number of benzene rings is 1. The molecule has 0 aromatic heterocycles. The van der Waals surface area contributed by atoms with Crippen LogP contribution in [0.1, 0.15) is 45.6 Å². The fraction of sp³-hybridized carbons (Fsp3) is 0.556. The van der Waals surface area contributed by atoms with Crippen LogP contribution in [0.5, 0.6) is 0 Å². The smallest absolute Gasteiger partial charge is 0.323 e. The van der Waals surface area contributed by atoms with Gasteiger partial charge in [-0.05, 0) is 45.6 Å². The minimum Gasteiger partial charge on any atom is -0.465 e. The number of carbonyl (C=O) groups excluding carboxylic acids is 2. The Morgan fingerprint density at radius 3 is 2.00 bits per heavy atom. The molecule has 122 valence electrons. The summed E-state index contributed by atoms with van der Waals surface area (Å²) in [7, 11) is 0. The molecule has 0 bridgehead atoms. The average Bonchev–Trinajstić information content (AvgIpc) is 2.52. The van der Waals surface area contributed by atoms with E-state index in [1.165, 1.54) is 5.56 Å². The standard InChI is InChI=1S/C18H26O4/c1-4-21-16(19)18(3,17(20)22-5-2)14-10-9-13-15-11-7-6-8-12-15/h6-8,11-12H,4-5,9-10,13-14H2,1-3H3. The van der Waals surface area contributed by atoms with Gasteiger partial charge < -0.3 is 9.47 Å². The third kappa shape index (κ3) is 5.17. The minimum atomic E-state index is -1.21. The lowest BCUT2D eigenvalue weighted by molar-refractivity contribution is -0.171. The summed E-state index contributed by atoms with van der Waals surface area (Å²) in [6, 6.07) is 10.2. The zero-order valence-electron chi connectivity index (χ0n) is 13.8. The van der Waals surface area contributed by atoms with Crippen LogP contribution in [-0.4, -0.2) is 25.2 Å². The van der Waals surface area contributed by atoms with Crippen LogP contribution >= 0.6 is 0 Å². The van der Waals surface area contributed by atoms with E-state index in [4.69, 9.17) is 9.47 Å². The second-order valence-corrected chi connectivity index (χ2v) is 5.47. The first-order valence-electron chi connectivity index (χ1n) is 7.93. The van der Waals surface area contributed by atoms with Crippen LogP contribution in [0.3, 0.4) is 0 Å². The van der Waals surface area contributed by atoms with Crippen molar-refractivity contribution in [2.24, 2.45) is 5.41 Å². The molecule has 0 fully saturated rings. The lowest BCUT2D eigenvalue weighted by atomic mass is 9.84. The van der Waals surface area contributed by atoms with E-state index < -0.39 is 17.4 Å². The van der Waals surface area contributed by atoms with Gasteiger partial charge >= 0.3 is 11.9 Å². The molecule has 0 saturated carbocycles. The molecule has 1 rings (SSSR count). The van der Waals surface area contributed by atoms with Gasteiger partial charge in [-0.2, -0.15) is 0 Å². The van der Waals surface area contributed by atoms with Gasteiger partial charge in [-0.25, -0.2) is 0 Å². The van der Waals surface area contributed by atoms with Gasteiger partial charge in [0.05, 0.1) is 13.2 Å². The molecule has 4 heteroatoms. The van der Waals surface area contributed by atoms with E-state index in [0.29, 0.717) is 6.42 Å². The van der Waals surface area contributed by atoms with Crippen LogP contribution in [0.25, 0.3) is 0 Å². The van der Waals surface area contributed by atoms with E-state index in [9.17, 15) is 9.59 Å². The zero-order chi connectivity index (χ0) is 16.4. The molecule has 0 N–H and O–H groups in total. The predicted molar refractivity (Wildman–Crippen MR) is 85.4 cm³/mol.